The molecule has 0 amide bonds. The second-order valence-electron chi connectivity index (χ2n) is 3.59. The van der Waals surface area contributed by atoms with E-state index in [1.165, 1.54) is 11.3 Å². The number of pyridine rings is 1. The third-order valence-electron chi connectivity index (χ3n) is 2.16. The second kappa shape index (κ2) is 5.09. The van der Waals surface area contributed by atoms with Crippen LogP contribution < -0.4 is 5.32 Å². The van der Waals surface area contributed by atoms with Gasteiger partial charge in [0.1, 0.15) is 22.2 Å². The van der Waals surface area contributed by atoms with Crippen molar-refractivity contribution in [1.82, 2.24) is 9.97 Å². The Bertz CT molecular complexity index is 585. The molecule has 5 nitrogen and oxygen atoms in total. The first-order valence-electron chi connectivity index (χ1n) is 5.10. The predicted molar refractivity (Wildman–Crippen MR) is 65.3 cm³/mol. The van der Waals surface area contributed by atoms with Crippen LogP contribution in [-0.4, -0.2) is 21.0 Å². The standard InChI is InChI=1S/C11H10FN3O2S/c1-6-5-18-9(15-6)4-14-10-8(11(16)17)2-7(12)3-13-10/h2-3,5H,4H2,1H3,(H,13,14)(H,16,17). The molecule has 0 saturated heterocycles. The molecule has 0 aliphatic heterocycles. The maximum Gasteiger partial charge on any atom is 0.339 e. The van der Waals surface area contributed by atoms with Crippen LogP contribution in [0.1, 0.15) is 21.1 Å². The molecule has 0 unspecified atom stereocenters. The molecule has 0 fully saturated rings. The molecule has 2 heterocycles. The molecule has 2 N–H and O–H groups in total. The molecular formula is C11H10FN3O2S. The van der Waals surface area contributed by atoms with Crippen molar-refractivity contribution in [2.75, 3.05) is 5.32 Å². The Morgan fingerprint density at radius 3 is 3.00 bits per heavy atom. The molecule has 0 atom stereocenters. The summed E-state index contributed by atoms with van der Waals surface area (Å²) >= 11 is 1.46. The van der Waals surface area contributed by atoms with Gasteiger partial charge in [0.05, 0.1) is 12.7 Å². The van der Waals surface area contributed by atoms with Gasteiger partial charge in [-0.05, 0) is 13.0 Å². The summed E-state index contributed by atoms with van der Waals surface area (Å²) in [5.41, 5.74) is 0.714. The molecule has 94 valence electrons. The summed E-state index contributed by atoms with van der Waals surface area (Å²) in [5, 5.41) is 14.5. The van der Waals surface area contributed by atoms with Crippen LogP contribution in [0.25, 0.3) is 0 Å². The lowest BCUT2D eigenvalue weighted by atomic mass is 10.2. The summed E-state index contributed by atoms with van der Waals surface area (Å²) in [6.07, 6.45) is 0.974. The van der Waals surface area contributed by atoms with E-state index in [-0.39, 0.29) is 11.4 Å². The van der Waals surface area contributed by atoms with Gasteiger partial charge in [-0.1, -0.05) is 0 Å². The van der Waals surface area contributed by atoms with Crippen molar-refractivity contribution in [2.45, 2.75) is 13.5 Å². The molecule has 2 aromatic rings. The number of nitrogens with zero attached hydrogens (tertiary/aromatic N) is 2. The molecule has 0 radical (unpaired) electrons. The van der Waals surface area contributed by atoms with E-state index in [2.05, 4.69) is 15.3 Å². The van der Waals surface area contributed by atoms with Crippen LogP contribution in [0.5, 0.6) is 0 Å². The Balaban J connectivity index is 2.16. The lowest BCUT2D eigenvalue weighted by Gasteiger charge is -2.06. The highest BCUT2D eigenvalue weighted by Gasteiger charge is 2.13. The fourth-order valence-corrected chi connectivity index (χ4v) is 2.10. The number of aromatic carboxylic acids is 1. The molecular weight excluding hydrogens is 257 g/mol. The number of carboxylic acid groups (broad SMARTS) is 1. The summed E-state index contributed by atoms with van der Waals surface area (Å²) < 4.78 is 12.9. The molecule has 0 aliphatic carbocycles. The first kappa shape index (κ1) is 12.4. The fourth-order valence-electron chi connectivity index (χ4n) is 1.39. The van der Waals surface area contributed by atoms with Gasteiger partial charge in [0, 0.05) is 11.1 Å². The molecule has 18 heavy (non-hydrogen) atoms. The first-order valence-corrected chi connectivity index (χ1v) is 5.98. The van der Waals surface area contributed by atoms with Gasteiger partial charge in [-0.2, -0.15) is 0 Å². The number of carbonyl (C=O) groups is 1. The molecule has 0 aromatic carbocycles. The number of carboxylic acids is 1. The fraction of sp³-hybridized carbons (Fsp3) is 0.182. The number of halogens is 1. The lowest BCUT2D eigenvalue weighted by Crippen LogP contribution is -2.08. The monoisotopic (exact) mass is 267 g/mol. The third kappa shape index (κ3) is 2.80. The minimum atomic E-state index is -1.22. The van der Waals surface area contributed by atoms with Crippen LogP contribution in [0.2, 0.25) is 0 Å². The number of hydrogen-bond acceptors (Lipinski definition) is 5. The van der Waals surface area contributed by atoms with Crippen molar-refractivity contribution < 1.29 is 14.3 Å². The number of aromatic nitrogens is 2. The Kier molecular flexibility index (Phi) is 3.52. The molecule has 0 saturated carbocycles. The average molecular weight is 267 g/mol. The van der Waals surface area contributed by atoms with Crippen molar-refractivity contribution in [1.29, 1.82) is 0 Å². The maximum absolute atomic E-state index is 12.9. The minimum absolute atomic E-state index is 0.136. The smallest absolute Gasteiger partial charge is 0.339 e. The SMILES string of the molecule is Cc1csc(CNc2ncc(F)cc2C(=O)O)n1. The highest BCUT2D eigenvalue weighted by Crippen LogP contribution is 2.16. The van der Waals surface area contributed by atoms with E-state index in [4.69, 9.17) is 5.11 Å². The Morgan fingerprint density at radius 1 is 1.61 bits per heavy atom. The van der Waals surface area contributed by atoms with Crippen molar-refractivity contribution >= 4 is 23.1 Å². The zero-order valence-electron chi connectivity index (χ0n) is 9.48. The van der Waals surface area contributed by atoms with Crippen LogP contribution in [0.4, 0.5) is 10.2 Å². The van der Waals surface area contributed by atoms with E-state index >= 15 is 0 Å². The summed E-state index contributed by atoms with van der Waals surface area (Å²) in [4.78, 5) is 18.9. The average Bonchev–Trinajstić information content (AvgIpc) is 2.73. The third-order valence-corrected chi connectivity index (χ3v) is 3.13. The summed E-state index contributed by atoms with van der Waals surface area (Å²) in [6.45, 7) is 2.23. The second-order valence-corrected chi connectivity index (χ2v) is 4.53. The van der Waals surface area contributed by atoms with Crippen molar-refractivity contribution in [3.8, 4) is 0 Å². The molecule has 0 bridgehead atoms. The Morgan fingerprint density at radius 2 is 2.39 bits per heavy atom. The normalized spacial score (nSPS) is 10.3. The van der Waals surface area contributed by atoms with Crippen LogP contribution in [0, 0.1) is 12.7 Å². The number of nitrogens with one attached hydrogen (secondary N) is 1. The molecule has 7 heteroatoms. The highest BCUT2D eigenvalue weighted by molar-refractivity contribution is 7.09. The van der Waals surface area contributed by atoms with Gasteiger partial charge in [0.25, 0.3) is 0 Å². The predicted octanol–water partition coefficient (Wildman–Crippen LogP) is 2.30. The van der Waals surface area contributed by atoms with Crippen LogP contribution in [0.15, 0.2) is 17.6 Å². The number of aryl methyl sites for hydroxylation is 1. The van der Waals surface area contributed by atoms with E-state index in [1.807, 2.05) is 12.3 Å². The van der Waals surface area contributed by atoms with Gasteiger partial charge in [-0.15, -0.1) is 11.3 Å². The van der Waals surface area contributed by atoms with Crippen LogP contribution in [-0.2, 0) is 6.54 Å². The first-order chi connectivity index (χ1) is 8.56. The number of rotatable bonds is 4. The summed E-state index contributed by atoms with van der Waals surface area (Å²) in [5.74, 6) is -1.76. The van der Waals surface area contributed by atoms with E-state index in [0.717, 1.165) is 23.0 Å². The zero-order chi connectivity index (χ0) is 13.1. The largest absolute Gasteiger partial charge is 0.478 e. The van der Waals surface area contributed by atoms with Gasteiger partial charge in [-0.25, -0.2) is 19.2 Å². The minimum Gasteiger partial charge on any atom is -0.478 e. The molecule has 0 aliphatic rings. The maximum atomic E-state index is 12.9. The van der Waals surface area contributed by atoms with Gasteiger partial charge in [0.15, 0.2) is 0 Å². The van der Waals surface area contributed by atoms with Gasteiger partial charge >= 0.3 is 5.97 Å². The van der Waals surface area contributed by atoms with Gasteiger partial charge in [-0.3, -0.25) is 0 Å². The topological polar surface area (TPSA) is 75.1 Å². The van der Waals surface area contributed by atoms with E-state index in [0.29, 0.717) is 6.54 Å². The van der Waals surface area contributed by atoms with Crippen molar-refractivity contribution in [3.63, 3.8) is 0 Å². The number of hydrogen-bond donors (Lipinski definition) is 2. The zero-order valence-corrected chi connectivity index (χ0v) is 10.3. The van der Waals surface area contributed by atoms with E-state index < -0.39 is 11.8 Å². The van der Waals surface area contributed by atoms with Crippen LogP contribution in [0.3, 0.4) is 0 Å². The highest BCUT2D eigenvalue weighted by atomic mass is 32.1. The van der Waals surface area contributed by atoms with E-state index in [1.54, 1.807) is 0 Å². The van der Waals surface area contributed by atoms with E-state index in [9.17, 15) is 9.18 Å². The molecule has 0 spiro atoms. The van der Waals surface area contributed by atoms with Crippen molar-refractivity contribution in [2.24, 2.45) is 0 Å². The molecule has 2 aromatic heterocycles. The summed E-state index contributed by atoms with van der Waals surface area (Å²) in [7, 11) is 0. The van der Waals surface area contributed by atoms with Crippen molar-refractivity contribution in [3.05, 3.63) is 39.7 Å². The van der Waals surface area contributed by atoms with Crippen LogP contribution >= 0.6 is 11.3 Å². The van der Waals surface area contributed by atoms with Gasteiger partial charge < -0.3 is 10.4 Å². The lowest BCUT2D eigenvalue weighted by molar-refractivity contribution is 0.0697. The number of thiazole rings is 1. The number of anilines is 1. The quantitative estimate of drug-likeness (QED) is 0.889. The summed E-state index contributed by atoms with van der Waals surface area (Å²) in [6, 6.07) is 0.935. The Labute approximate surface area is 106 Å². The Hall–Kier alpha value is -2.02. The van der Waals surface area contributed by atoms with Gasteiger partial charge in [0.2, 0.25) is 0 Å². The molecule has 2 rings (SSSR count).